The Kier molecular flexibility index (Phi) is 3.38. The first kappa shape index (κ1) is 10.4. The van der Waals surface area contributed by atoms with Gasteiger partial charge in [0.1, 0.15) is 0 Å². The van der Waals surface area contributed by atoms with Gasteiger partial charge in [0.2, 0.25) is 0 Å². The second-order valence-corrected chi connectivity index (χ2v) is 4.38. The van der Waals surface area contributed by atoms with Crippen molar-refractivity contribution in [1.82, 2.24) is 9.80 Å². The Labute approximate surface area is 85.4 Å². The third kappa shape index (κ3) is 2.25. The summed E-state index contributed by atoms with van der Waals surface area (Å²) in [5.74, 6) is 0. The fourth-order valence-corrected chi connectivity index (χ4v) is 2.39. The van der Waals surface area contributed by atoms with Crippen LogP contribution in [0.15, 0.2) is 0 Å². The lowest BCUT2D eigenvalue weighted by molar-refractivity contribution is -0.0633. The molecule has 0 radical (unpaired) electrons. The van der Waals surface area contributed by atoms with Crippen molar-refractivity contribution in [3.63, 3.8) is 0 Å². The Hall–Kier alpha value is -0.160. The van der Waals surface area contributed by atoms with Gasteiger partial charge >= 0.3 is 0 Å². The van der Waals surface area contributed by atoms with Crippen LogP contribution in [-0.4, -0.2) is 73.5 Å². The molecule has 0 saturated carbocycles. The van der Waals surface area contributed by atoms with Crippen molar-refractivity contribution in [3.8, 4) is 0 Å². The Morgan fingerprint density at radius 1 is 1.36 bits per heavy atom. The molecule has 82 valence electrons. The predicted octanol–water partition coefficient (Wildman–Crippen LogP) is -0.616. The van der Waals surface area contributed by atoms with E-state index in [0.29, 0.717) is 6.04 Å². The highest BCUT2D eigenvalue weighted by atomic mass is 16.5. The zero-order valence-electron chi connectivity index (χ0n) is 8.85. The molecule has 0 amide bonds. The van der Waals surface area contributed by atoms with Gasteiger partial charge in [-0.1, -0.05) is 0 Å². The van der Waals surface area contributed by atoms with Crippen LogP contribution in [0.5, 0.6) is 0 Å². The standard InChI is InChI=1S/C10H20N2O2/c1-11-3-2-9(6-11)12-4-5-14-10(7-12)8-13/h9-10,13H,2-8H2,1H3/t9?,10-/m1/s1. The van der Waals surface area contributed by atoms with E-state index in [2.05, 4.69) is 16.8 Å². The second-order valence-electron chi connectivity index (χ2n) is 4.38. The summed E-state index contributed by atoms with van der Waals surface area (Å²) in [5, 5.41) is 9.04. The van der Waals surface area contributed by atoms with E-state index in [1.807, 2.05) is 0 Å². The second kappa shape index (κ2) is 4.57. The number of ether oxygens (including phenoxy) is 1. The first-order chi connectivity index (χ1) is 6.79. The number of hydrogen-bond acceptors (Lipinski definition) is 4. The van der Waals surface area contributed by atoms with Crippen LogP contribution in [0.1, 0.15) is 6.42 Å². The maximum atomic E-state index is 9.04. The highest BCUT2D eigenvalue weighted by Crippen LogP contribution is 2.17. The van der Waals surface area contributed by atoms with Crippen molar-refractivity contribution in [2.24, 2.45) is 0 Å². The average Bonchev–Trinajstić information content (AvgIpc) is 2.65. The van der Waals surface area contributed by atoms with Crippen molar-refractivity contribution in [2.75, 3.05) is 46.4 Å². The molecule has 0 aliphatic carbocycles. The third-order valence-corrected chi connectivity index (χ3v) is 3.26. The zero-order valence-corrected chi connectivity index (χ0v) is 8.85. The maximum Gasteiger partial charge on any atom is 0.0932 e. The van der Waals surface area contributed by atoms with Crippen LogP contribution in [0.4, 0.5) is 0 Å². The first-order valence-corrected chi connectivity index (χ1v) is 5.44. The van der Waals surface area contributed by atoms with Gasteiger partial charge in [-0.3, -0.25) is 4.90 Å². The minimum Gasteiger partial charge on any atom is -0.394 e. The molecule has 4 nitrogen and oxygen atoms in total. The lowest BCUT2D eigenvalue weighted by Gasteiger charge is -2.36. The van der Waals surface area contributed by atoms with Crippen LogP contribution < -0.4 is 0 Å². The Morgan fingerprint density at radius 2 is 2.21 bits per heavy atom. The Bertz CT molecular complexity index is 189. The summed E-state index contributed by atoms with van der Waals surface area (Å²) in [5.41, 5.74) is 0. The molecule has 2 atom stereocenters. The first-order valence-electron chi connectivity index (χ1n) is 5.44. The molecule has 4 heteroatoms. The minimum absolute atomic E-state index is 0.0367. The SMILES string of the molecule is CN1CCC(N2CCO[C@@H](CO)C2)C1. The topological polar surface area (TPSA) is 35.9 Å². The summed E-state index contributed by atoms with van der Waals surface area (Å²) in [4.78, 5) is 4.84. The lowest BCUT2D eigenvalue weighted by atomic mass is 10.2. The van der Waals surface area contributed by atoms with E-state index in [1.54, 1.807) is 0 Å². The normalized spacial score (nSPS) is 36.4. The van der Waals surface area contributed by atoms with E-state index in [-0.39, 0.29) is 12.7 Å². The molecule has 0 aromatic rings. The molecular weight excluding hydrogens is 180 g/mol. The van der Waals surface area contributed by atoms with Gasteiger partial charge in [-0.15, -0.1) is 0 Å². The minimum atomic E-state index is 0.0367. The number of aliphatic hydroxyl groups is 1. The highest BCUT2D eigenvalue weighted by molar-refractivity contribution is 4.84. The summed E-state index contributed by atoms with van der Waals surface area (Å²) in [7, 11) is 2.17. The predicted molar refractivity (Wildman–Crippen MR) is 54.3 cm³/mol. The molecule has 0 spiro atoms. The van der Waals surface area contributed by atoms with Gasteiger partial charge in [-0.2, -0.15) is 0 Å². The largest absolute Gasteiger partial charge is 0.394 e. The summed E-state index contributed by atoms with van der Waals surface area (Å²) in [6, 6.07) is 0.679. The highest BCUT2D eigenvalue weighted by Gasteiger charge is 2.29. The van der Waals surface area contributed by atoms with E-state index < -0.39 is 0 Å². The van der Waals surface area contributed by atoms with Crippen LogP contribution in [0.25, 0.3) is 0 Å². The quantitative estimate of drug-likeness (QED) is 0.645. The number of aliphatic hydroxyl groups excluding tert-OH is 1. The van der Waals surface area contributed by atoms with Crippen molar-refractivity contribution >= 4 is 0 Å². The average molecular weight is 200 g/mol. The number of likely N-dealkylation sites (N-methyl/N-ethyl adjacent to an activating group) is 1. The van der Waals surface area contributed by atoms with Crippen LogP contribution in [-0.2, 0) is 4.74 Å². The Morgan fingerprint density at radius 3 is 2.86 bits per heavy atom. The lowest BCUT2D eigenvalue weighted by Crippen LogP contribution is -2.49. The molecule has 2 rings (SSSR count). The van der Waals surface area contributed by atoms with E-state index in [9.17, 15) is 0 Å². The number of likely N-dealkylation sites (tertiary alicyclic amines) is 1. The van der Waals surface area contributed by atoms with Crippen molar-refractivity contribution in [2.45, 2.75) is 18.6 Å². The zero-order chi connectivity index (χ0) is 9.97. The van der Waals surface area contributed by atoms with Crippen LogP contribution >= 0.6 is 0 Å². The molecule has 1 unspecified atom stereocenters. The third-order valence-electron chi connectivity index (χ3n) is 3.26. The molecule has 0 aromatic carbocycles. The van der Waals surface area contributed by atoms with Gasteiger partial charge in [0, 0.05) is 25.7 Å². The van der Waals surface area contributed by atoms with Crippen molar-refractivity contribution < 1.29 is 9.84 Å². The summed E-state index contributed by atoms with van der Waals surface area (Å²) in [6.45, 7) is 5.21. The van der Waals surface area contributed by atoms with E-state index in [1.165, 1.54) is 13.0 Å². The van der Waals surface area contributed by atoms with Gasteiger partial charge in [0.25, 0.3) is 0 Å². The Balaban J connectivity index is 1.84. The fraction of sp³-hybridized carbons (Fsp3) is 1.00. The summed E-state index contributed by atoms with van der Waals surface area (Å²) >= 11 is 0. The molecule has 2 heterocycles. The van der Waals surface area contributed by atoms with Crippen LogP contribution in [0.2, 0.25) is 0 Å². The monoisotopic (exact) mass is 200 g/mol. The molecule has 0 bridgehead atoms. The van der Waals surface area contributed by atoms with Crippen LogP contribution in [0.3, 0.4) is 0 Å². The maximum absolute atomic E-state index is 9.04. The molecule has 0 aromatic heterocycles. The van der Waals surface area contributed by atoms with Gasteiger partial charge in [-0.25, -0.2) is 0 Å². The number of nitrogens with zero attached hydrogens (tertiary/aromatic N) is 2. The summed E-state index contributed by atoms with van der Waals surface area (Å²) < 4.78 is 5.44. The molecule has 1 N–H and O–H groups in total. The number of morpholine rings is 1. The molecule has 2 aliphatic rings. The number of rotatable bonds is 2. The summed E-state index contributed by atoms with van der Waals surface area (Å²) in [6.07, 6.45) is 1.30. The van der Waals surface area contributed by atoms with Crippen molar-refractivity contribution in [3.05, 3.63) is 0 Å². The van der Waals surface area contributed by atoms with Gasteiger partial charge in [0.15, 0.2) is 0 Å². The number of hydrogen-bond donors (Lipinski definition) is 1. The van der Waals surface area contributed by atoms with Gasteiger partial charge in [0.05, 0.1) is 19.3 Å². The molecule has 2 fully saturated rings. The molecular formula is C10H20N2O2. The van der Waals surface area contributed by atoms with Crippen molar-refractivity contribution in [1.29, 1.82) is 0 Å². The van der Waals surface area contributed by atoms with Gasteiger partial charge in [-0.05, 0) is 20.0 Å². The van der Waals surface area contributed by atoms with Gasteiger partial charge < -0.3 is 14.7 Å². The molecule has 14 heavy (non-hydrogen) atoms. The van der Waals surface area contributed by atoms with E-state index in [4.69, 9.17) is 9.84 Å². The van der Waals surface area contributed by atoms with E-state index in [0.717, 1.165) is 26.2 Å². The molecule has 2 aliphatic heterocycles. The smallest absolute Gasteiger partial charge is 0.0932 e. The van der Waals surface area contributed by atoms with E-state index >= 15 is 0 Å². The molecule has 2 saturated heterocycles. The fourth-order valence-electron chi connectivity index (χ4n) is 2.39. The van der Waals surface area contributed by atoms with Crippen LogP contribution in [0, 0.1) is 0 Å².